The van der Waals surface area contributed by atoms with Crippen LogP contribution in [-0.4, -0.2) is 0 Å². The van der Waals surface area contributed by atoms with Crippen molar-refractivity contribution in [2.45, 2.75) is 0 Å². The van der Waals surface area contributed by atoms with Crippen LogP contribution in [0.2, 0.25) is 0 Å². The van der Waals surface area contributed by atoms with Gasteiger partial charge in [0.05, 0.1) is 5.69 Å². The molecule has 12 aromatic rings. The summed E-state index contributed by atoms with van der Waals surface area (Å²) in [6.07, 6.45) is 0. The molecule has 252 valence electrons. The summed E-state index contributed by atoms with van der Waals surface area (Å²) < 4.78 is 12.2. The van der Waals surface area contributed by atoms with Crippen LogP contribution < -0.4 is 4.90 Å². The first-order valence-corrected chi connectivity index (χ1v) is 19.9. The molecule has 0 N–H and O–H groups in total. The Morgan fingerprint density at radius 1 is 0.370 bits per heavy atom. The Morgan fingerprint density at radius 3 is 1.83 bits per heavy atom. The van der Waals surface area contributed by atoms with E-state index in [1.807, 2.05) is 22.7 Å². The summed E-state index contributed by atoms with van der Waals surface area (Å²) in [4.78, 5) is 2.37. The number of fused-ring (bicyclic) bond motifs is 13. The number of thiophene rings is 2. The summed E-state index contributed by atoms with van der Waals surface area (Å²) >= 11 is 3.67. The Kier molecular flexibility index (Phi) is 6.41. The number of furan rings is 1. The number of hydrogen-bond acceptors (Lipinski definition) is 4. The van der Waals surface area contributed by atoms with Crippen LogP contribution in [0.3, 0.4) is 0 Å². The highest BCUT2D eigenvalue weighted by atomic mass is 32.1. The summed E-state index contributed by atoms with van der Waals surface area (Å²) in [5, 5.41) is 12.3. The molecule has 0 saturated carbocycles. The van der Waals surface area contributed by atoms with Crippen molar-refractivity contribution in [1.82, 2.24) is 0 Å². The van der Waals surface area contributed by atoms with E-state index in [9.17, 15) is 0 Å². The van der Waals surface area contributed by atoms with E-state index in [4.69, 9.17) is 4.42 Å². The molecule has 0 aliphatic heterocycles. The monoisotopic (exact) mass is 723 g/mol. The van der Waals surface area contributed by atoms with Crippen LogP contribution in [0.1, 0.15) is 0 Å². The second kappa shape index (κ2) is 11.5. The molecule has 0 aliphatic rings. The fourth-order valence-corrected chi connectivity index (χ4v) is 10.8. The Balaban J connectivity index is 1.09. The lowest BCUT2D eigenvalue weighted by Gasteiger charge is -2.26. The molecular formula is C50H29NOS2. The molecule has 3 aromatic heterocycles. The molecule has 4 heteroatoms. The van der Waals surface area contributed by atoms with Gasteiger partial charge < -0.3 is 9.32 Å². The summed E-state index contributed by atoms with van der Waals surface area (Å²) in [6, 6.07) is 64.2. The number of nitrogens with zero attached hydrogens (tertiary/aromatic N) is 1. The highest BCUT2D eigenvalue weighted by Gasteiger charge is 2.22. The molecule has 0 atom stereocenters. The van der Waals surface area contributed by atoms with Crippen molar-refractivity contribution in [2.24, 2.45) is 0 Å². The van der Waals surface area contributed by atoms with Crippen molar-refractivity contribution in [3.63, 3.8) is 0 Å². The maximum absolute atomic E-state index is 7.07. The van der Waals surface area contributed by atoms with E-state index in [1.165, 1.54) is 73.0 Å². The number of anilines is 3. The van der Waals surface area contributed by atoms with Gasteiger partial charge in [0.1, 0.15) is 5.58 Å². The second-order valence-electron chi connectivity index (χ2n) is 14.0. The predicted octanol–water partition coefficient (Wildman–Crippen LogP) is 15.8. The smallest absolute Gasteiger partial charge is 0.159 e. The van der Waals surface area contributed by atoms with Crippen LogP contribution in [0.15, 0.2) is 180 Å². The van der Waals surface area contributed by atoms with E-state index in [1.54, 1.807) is 0 Å². The average molecular weight is 724 g/mol. The lowest BCUT2D eigenvalue weighted by Crippen LogP contribution is -2.10. The standard InChI is InChI=1S/C50H29NOS2/c1-2-11-34-31(10-1)28-42(36-13-4-3-12-35(34)36)30-20-22-32(23-21-30)51(33-24-25-38-37-14-5-7-18-44(37)54-47(38)29-33)43-17-9-16-39-40-26-27-46-48(50(40)52-49(39)43)41-15-6-8-19-45(41)53-46/h1-29H. The van der Waals surface area contributed by atoms with Gasteiger partial charge in [0.15, 0.2) is 5.58 Å². The van der Waals surface area contributed by atoms with Gasteiger partial charge in [-0.1, -0.05) is 115 Å². The van der Waals surface area contributed by atoms with Gasteiger partial charge >= 0.3 is 0 Å². The van der Waals surface area contributed by atoms with Crippen molar-refractivity contribution < 1.29 is 4.42 Å². The maximum atomic E-state index is 7.07. The highest BCUT2D eigenvalue weighted by molar-refractivity contribution is 7.26. The summed E-state index contributed by atoms with van der Waals surface area (Å²) in [5.41, 5.74) is 7.44. The highest BCUT2D eigenvalue weighted by Crippen LogP contribution is 2.47. The number of benzene rings is 9. The van der Waals surface area contributed by atoms with Crippen LogP contribution in [0.25, 0.3) is 95.0 Å². The molecule has 0 spiro atoms. The molecule has 2 nitrogen and oxygen atoms in total. The molecule has 0 radical (unpaired) electrons. The van der Waals surface area contributed by atoms with Gasteiger partial charge in [0.25, 0.3) is 0 Å². The average Bonchev–Trinajstić information content (AvgIpc) is 3.92. The van der Waals surface area contributed by atoms with E-state index in [0.29, 0.717) is 0 Å². The fraction of sp³-hybridized carbons (Fsp3) is 0. The largest absolute Gasteiger partial charge is 0.453 e. The summed E-state index contributed by atoms with van der Waals surface area (Å²) in [6.45, 7) is 0. The van der Waals surface area contributed by atoms with Crippen LogP contribution >= 0.6 is 22.7 Å². The zero-order chi connectivity index (χ0) is 35.3. The molecule has 0 bridgehead atoms. The minimum absolute atomic E-state index is 0.885. The SMILES string of the molecule is c1ccc2c(c1)cc(-c1ccc(N(c3ccc4c(c3)sc3ccccc34)c3cccc4c3oc3c4ccc4sc5ccccc5c43)cc1)c1ccccc12. The van der Waals surface area contributed by atoms with Gasteiger partial charge in [-0.2, -0.15) is 0 Å². The van der Waals surface area contributed by atoms with E-state index in [0.717, 1.165) is 39.0 Å². The second-order valence-corrected chi connectivity index (χ2v) is 16.2. The Labute approximate surface area is 318 Å². The Hall–Kier alpha value is -6.46. The molecule has 9 aromatic carbocycles. The van der Waals surface area contributed by atoms with Gasteiger partial charge in [0, 0.05) is 62.5 Å². The normalized spacial score (nSPS) is 12.1. The first-order valence-electron chi connectivity index (χ1n) is 18.2. The van der Waals surface area contributed by atoms with E-state index < -0.39 is 0 Å². The minimum atomic E-state index is 0.885. The third-order valence-corrected chi connectivity index (χ3v) is 13.3. The van der Waals surface area contributed by atoms with Crippen molar-refractivity contribution in [1.29, 1.82) is 0 Å². The lowest BCUT2D eigenvalue weighted by molar-refractivity contribution is 0.673. The lowest BCUT2D eigenvalue weighted by atomic mass is 9.93. The van der Waals surface area contributed by atoms with Crippen LogP contribution in [0.5, 0.6) is 0 Å². The van der Waals surface area contributed by atoms with E-state index in [2.05, 4.69) is 181 Å². The van der Waals surface area contributed by atoms with Crippen LogP contribution in [-0.2, 0) is 0 Å². The van der Waals surface area contributed by atoms with Gasteiger partial charge in [0.2, 0.25) is 0 Å². The van der Waals surface area contributed by atoms with Gasteiger partial charge in [-0.05, 0) is 93.3 Å². The number of para-hydroxylation sites is 1. The predicted molar refractivity (Wildman–Crippen MR) is 235 cm³/mol. The zero-order valence-electron chi connectivity index (χ0n) is 28.9. The van der Waals surface area contributed by atoms with Crippen LogP contribution in [0.4, 0.5) is 17.1 Å². The molecule has 54 heavy (non-hydrogen) atoms. The number of hydrogen-bond donors (Lipinski definition) is 0. The Morgan fingerprint density at radius 2 is 0.981 bits per heavy atom. The third-order valence-electron chi connectivity index (χ3n) is 11.1. The first kappa shape index (κ1) is 30.0. The van der Waals surface area contributed by atoms with Crippen molar-refractivity contribution >= 4 is 124 Å². The quantitative estimate of drug-likeness (QED) is 0.168. The van der Waals surface area contributed by atoms with Crippen molar-refractivity contribution in [3.05, 3.63) is 176 Å². The van der Waals surface area contributed by atoms with Crippen LogP contribution in [0, 0.1) is 0 Å². The van der Waals surface area contributed by atoms with E-state index in [-0.39, 0.29) is 0 Å². The third kappa shape index (κ3) is 4.38. The zero-order valence-corrected chi connectivity index (χ0v) is 30.5. The number of rotatable bonds is 4. The fourth-order valence-electron chi connectivity index (χ4n) is 8.59. The molecule has 0 aliphatic carbocycles. The maximum Gasteiger partial charge on any atom is 0.159 e. The molecule has 0 fully saturated rings. The summed E-state index contributed by atoms with van der Waals surface area (Å²) in [7, 11) is 0. The molecule has 0 amide bonds. The van der Waals surface area contributed by atoms with Crippen molar-refractivity contribution in [3.8, 4) is 11.1 Å². The van der Waals surface area contributed by atoms with Crippen molar-refractivity contribution in [2.75, 3.05) is 4.90 Å². The Bertz CT molecular complexity index is 3460. The minimum Gasteiger partial charge on any atom is -0.453 e. The topological polar surface area (TPSA) is 16.4 Å². The first-order chi connectivity index (χ1) is 26.8. The van der Waals surface area contributed by atoms with Gasteiger partial charge in [-0.3, -0.25) is 0 Å². The molecular weight excluding hydrogens is 695 g/mol. The summed E-state index contributed by atoms with van der Waals surface area (Å²) in [5.74, 6) is 0. The molecule has 12 rings (SSSR count). The van der Waals surface area contributed by atoms with E-state index >= 15 is 0 Å². The molecule has 0 unspecified atom stereocenters. The van der Waals surface area contributed by atoms with Gasteiger partial charge in [-0.25, -0.2) is 0 Å². The molecule has 0 saturated heterocycles. The van der Waals surface area contributed by atoms with Gasteiger partial charge in [-0.15, -0.1) is 22.7 Å². The molecule has 3 heterocycles.